The summed E-state index contributed by atoms with van der Waals surface area (Å²) in [5.41, 5.74) is 1.40. The van der Waals surface area contributed by atoms with Crippen LogP contribution in [0, 0.1) is 18.3 Å². The molecule has 0 aliphatic heterocycles. The van der Waals surface area contributed by atoms with E-state index in [9.17, 15) is 9.90 Å². The molecular formula is C19H15ClN8O2. The third kappa shape index (κ3) is 3.89. The molecule has 0 spiro atoms. The van der Waals surface area contributed by atoms with Crippen molar-refractivity contribution in [3.05, 3.63) is 74.7 Å². The molecule has 0 aliphatic rings. The fourth-order valence-electron chi connectivity index (χ4n) is 3.02. The van der Waals surface area contributed by atoms with Crippen molar-refractivity contribution in [1.29, 1.82) is 5.26 Å². The summed E-state index contributed by atoms with van der Waals surface area (Å²) in [5.74, 6) is 0.292. The lowest BCUT2D eigenvalue weighted by atomic mass is 10.1. The monoisotopic (exact) mass is 422 g/mol. The molecule has 4 rings (SSSR count). The van der Waals surface area contributed by atoms with Gasteiger partial charge in [-0.25, -0.2) is 9.97 Å². The van der Waals surface area contributed by atoms with Gasteiger partial charge in [-0.3, -0.25) is 9.36 Å². The van der Waals surface area contributed by atoms with E-state index in [1.165, 1.54) is 15.7 Å². The molecule has 0 saturated carbocycles. The van der Waals surface area contributed by atoms with E-state index in [4.69, 9.17) is 16.9 Å². The van der Waals surface area contributed by atoms with Gasteiger partial charge in [-0.05, 0) is 41.5 Å². The predicted molar refractivity (Wildman–Crippen MR) is 107 cm³/mol. The second-order valence-corrected chi connectivity index (χ2v) is 7.08. The molecule has 10 nitrogen and oxygen atoms in total. The Balaban J connectivity index is 1.55. The van der Waals surface area contributed by atoms with Crippen molar-refractivity contribution in [1.82, 2.24) is 34.7 Å². The number of fused-ring (bicyclic) bond motifs is 1. The van der Waals surface area contributed by atoms with Gasteiger partial charge in [0.05, 0.1) is 18.5 Å². The molecule has 0 saturated heterocycles. The molecule has 1 unspecified atom stereocenters. The standard InChI is InChI=1S/C19H15ClN8O2/c1-11-6-14(7-21)23-18-17(11)19(30)27(10-22-18)9-16-24-26-28(25-16)8-15(29)12-2-4-13(20)5-3-12/h2-6,10,15,29H,8-9H2,1H3. The van der Waals surface area contributed by atoms with Gasteiger partial charge in [-0.1, -0.05) is 23.7 Å². The lowest BCUT2D eigenvalue weighted by Crippen LogP contribution is -2.23. The molecule has 4 aromatic rings. The fourth-order valence-corrected chi connectivity index (χ4v) is 3.14. The number of aromatic nitrogens is 7. The molecule has 1 N–H and O–H groups in total. The van der Waals surface area contributed by atoms with Gasteiger partial charge in [0.2, 0.25) is 0 Å². The highest BCUT2D eigenvalue weighted by molar-refractivity contribution is 6.30. The second kappa shape index (κ2) is 7.98. The number of rotatable bonds is 5. The zero-order valence-corrected chi connectivity index (χ0v) is 16.5. The van der Waals surface area contributed by atoms with Crippen LogP contribution in [0.25, 0.3) is 11.0 Å². The summed E-state index contributed by atoms with van der Waals surface area (Å²) in [6.45, 7) is 1.88. The maximum atomic E-state index is 12.8. The Bertz CT molecular complexity index is 1320. The number of aryl methyl sites for hydroxylation is 1. The highest BCUT2D eigenvalue weighted by Crippen LogP contribution is 2.17. The van der Waals surface area contributed by atoms with Crippen molar-refractivity contribution in [2.45, 2.75) is 26.1 Å². The van der Waals surface area contributed by atoms with Crippen molar-refractivity contribution >= 4 is 22.6 Å². The van der Waals surface area contributed by atoms with Gasteiger partial charge >= 0.3 is 0 Å². The van der Waals surface area contributed by atoms with Crippen molar-refractivity contribution < 1.29 is 5.11 Å². The van der Waals surface area contributed by atoms with Crippen LogP contribution in [-0.2, 0) is 13.1 Å². The number of pyridine rings is 1. The van der Waals surface area contributed by atoms with Crippen LogP contribution >= 0.6 is 11.6 Å². The SMILES string of the molecule is Cc1cc(C#N)nc2ncn(Cc3nnn(CC(O)c4ccc(Cl)cc4)n3)c(=O)c12. The van der Waals surface area contributed by atoms with Crippen LogP contribution in [-0.4, -0.2) is 39.8 Å². The number of hydrogen-bond donors (Lipinski definition) is 1. The van der Waals surface area contributed by atoms with Crippen molar-refractivity contribution in [3.63, 3.8) is 0 Å². The highest BCUT2D eigenvalue weighted by Gasteiger charge is 2.14. The average Bonchev–Trinajstić information content (AvgIpc) is 3.17. The van der Waals surface area contributed by atoms with E-state index < -0.39 is 6.10 Å². The molecule has 11 heteroatoms. The Labute approximate surface area is 175 Å². The van der Waals surface area contributed by atoms with Crippen molar-refractivity contribution in [2.24, 2.45) is 0 Å². The number of halogens is 1. The molecule has 0 fully saturated rings. The summed E-state index contributed by atoms with van der Waals surface area (Å²) in [7, 11) is 0. The molecule has 0 aliphatic carbocycles. The van der Waals surface area contributed by atoms with Crippen LogP contribution in [0.2, 0.25) is 5.02 Å². The number of nitrogens with zero attached hydrogens (tertiary/aromatic N) is 8. The van der Waals surface area contributed by atoms with Crippen LogP contribution < -0.4 is 5.56 Å². The molecule has 3 heterocycles. The van der Waals surface area contributed by atoms with Gasteiger partial charge < -0.3 is 5.11 Å². The quantitative estimate of drug-likeness (QED) is 0.509. The summed E-state index contributed by atoms with van der Waals surface area (Å²) in [5, 5.41) is 32.4. The van der Waals surface area contributed by atoms with Crippen LogP contribution in [0.15, 0.2) is 41.5 Å². The van der Waals surface area contributed by atoms with Crippen LogP contribution in [0.1, 0.15) is 28.7 Å². The third-order valence-corrected chi connectivity index (χ3v) is 4.76. The van der Waals surface area contributed by atoms with Crippen LogP contribution in [0.5, 0.6) is 0 Å². The summed E-state index contributed by atoms with van der Waals surface area (Å²) >= 11 is 5.86. The maximum Gasteiger partial charge on any atom is 0.263 e. The van der Waals surface area contributed by atoms with E-state index >= 15 is 0 Å². The minimum Gasteiger partial charge on any atom is -0.386 e. The summed E-state index contributed by atoms with van der Waals surface area (Å²) < 4.78 is 1.35. The van der Waals surface area contributed by atoms with Gasteiger partial charge in [0.15, 0.2) is 11.5 Å². The van der Waals surface area contributed by atoms with E-state index in [2.05, 4.69) is 25.4 Å². The molecule has 0 radical (unpaired) electrons. The first-order chi connectivity index (χ1) is 14.4. The number of aliphatic hydroxyl groups is 1. The lowest BCUT2D eigenvalue weighted by molar-refractivity contribution is 0.144. The number of tetrazole rings is 1. The van der Waals surface area contributed by atoms with Gasteiger partial charge in [0.25, 0.3) is 5.56 Å². The molecule has 1 atom stereocenters. The minimum atomic E-state index is -0.836. The molecule has 0 amide bonds. The Hall–Kier alpha value is -3.68. The van der Waals surface area contributed by atoms with E-state index in [1.54, 1.807) is 37.3 Å². The normalized spacial score (nSPS) is 12.1. The second-order valence-electron chi connectivity index (χ2n) is 6.64. The molecular weight excluding hydrogens is 408 g/mol. The maximum absolute atomic E-state index is 12.8. The van der Waals surface area contributed by atoms with Crippen molar-refractivity contribution in [2.75, 3.05) is 0 Å². The highest BCUT2D eigenvalue weighted by atomic mass is 35.5. The first-order valence-electron chi connectivity index (χ1n) is 8.91. The Morgan fingerprint density at radius 1 is 1.30 bits per heavy atom. The summed E-state index contributed by atoms with van der Waals surface area (Å²) in [6.07, 6.45) is 0.499. The molecule has 0 bridgehead atoms. The molecule has 150 valence electrons. The summed E-state index contributed by atoms with van der Waals surface area (Å²) in [6, 6.07) is 10.3. The van der Waals surface area contributed by atoms with Gasteiger partial charge in [-0.2, -0.15) is 10.1 Å². The number of aliphatic hydroxyl groups excluding tert-OH is 1. The molecule has 3 aromatic heterocycles. The van der Waals surface area contributed by atoms with Gasteiger partial charge in [0, 0.05) is 5.02 Å². The predicted octanol–water partition coefficient (Wildman–Crippen LogP) is 1.39. The number of benzene rings is 1. The Morgan fingerprint density at radius 3 is 2.80 bits per heavy atom. The minimum absolute atomic E-state index is 0.0538. The third-order valence-electron chi connectivity index (χ3n) is 4.50. The van der Waals surface area contributed by atoms with E-state index in [0.717, 1.165) is 0 Å². The zero-order valence-electron chi connectivity index (χ0n) is 15.8. The largest absolute Gasteiger partial charge is 0.386 e. The van der Waals surface area contributed by atoms with E-state index in [0.29, 0.717) is 27.4 Å². The Kier molecular flexibility index (Phi) is 5.22. The zero-order chi connectivity index (χ0) is 21.3. The number of hydrogen-bond acceptors (Lipinski definition) is 8. The lowest BCUT2D eigenvalue weighted by Gasteiger charge is -2.09. The Morgan fingerprint density at radius 2 is 2.07 bits per heavy atom. The first-order valence-corrected chi connectivity index (χ1v) is 9.29. The van der Waals surface area contributed by atoms with E-state index in [-0.39, 0.29) is 30.0 Å². The molecule has 1 aromatic carbocycles. The topological polar surface area (TPSA) is 135 Å². The van der Waals surface area contributed by atoms with Crippen LogP contribution in [0.4, 0.5) is 0 Å². The smallest absolute Gasteiger partial charge is 0.263 e. The number of nitriles is 1. The van der Waals surface area contributed by atoms with Crippen LogP contribution in [0.3, 0.4) is 0 Å². The fraction of sp³-hybridized carbons (Fsp3) is 0.211. The average molecular weight is 423 g/mol. The van der Waals surface area contributed by atoms with Gasteiger partial charge in [-0.15, -0.1) is 10.2 Å². The van der Waals surface area contributed by atoms with E-state index in [1.807, 2.05) is 6.07 Å². The first kappa shape index (κ1) is 19.6. The van der Waals surface area contributed by atoms with Gasteiger partial charge in [0.1, 0.15) is 24.2 Å². The van der Waals surface area contributed by atoms with Crippen molar-refractivity contribution in [3.8, 4) is 6.07 Å². The summed E-state index contributed by atoms with van der Waals surface area (Å²) in [4.78, 5) is 22.3. The molecule has 30 heavy (non-hydrogen) atoms.